The molecule has 1 aromatic carbocycles. The highest BCUT2D eigenvalue weighted by Crippen LogP contribution is 2.23. The molecule has 0 fully saturated rings. The third kappa shape index (κ3) is 4.42. The summed E-state index contributed by atoms with van der Waals surface area (Å²) in [6.45, 7) is 1.66. The quantitative estimate of drug-likeness (QED) is 0.557. The Balaban J connectivity index is 1.45. The molecule has 0 unspecified atom stereocenters. The van der Waals surface area contributed by atoms with Crippen molar-refractivity contribution in [1.29, 1.82) is 0 Å². The molecule has 0 saturated carbocycles. The zero-order valence-corrected chi connectivity index (χ0v) is 15.0. The van der Waals surface area contributed by atoms with Gasteiger partial charge in [-0.3, -0.25) is 14.4 Å². The average molecular weight is 356 g/mol. The van der Waals surface area contributed by atoms with Gasteiger partial charge in [0, 0.05) is 16.9 Å². The van der Waals surface area contributed by atoms with Gasteiger partial charge in [0.05, 0.1) is 11.3 Å². The largest absolute Gasteiger partial charge is 0.457 e. The summed E-state index contributed by atoms with van der Waals surface area (Å²) in [4.78, 5) is 37.6. The van der Waals surface area contributed by atoms with Gasteiger partial charge >= 0.3 is 5.97 Å². The molecule has 0 saturated heterocycles. The second kappa shape index (κ2) is 7.74. The third-order valence-corrected chi connectivity index (χ3v) is 5.40. The summed E-state index contributed by atoms with van der Waals surface area (Å²) < 4.78 is 5.03. The van der Waals surface area contributed by atoms with Crippen LogP contribution in [0.25, 0.3) is 0 Å². The fourth-order valence-corrected chi connectivity index (χ4v) is 3.80. The minimum atomic E-state index is -0.517. The van der Waals surface area contributed by atoms with Crippen LogP contribution in [0.3, 0.4) is 0 Å². The summed E-state index contributed by atoms with van der Waals surface area (Å²) in [6, 6.07) is 9.33. The van der Waals surface area contributed by atoms with Crippen LogP contribution in [0.15, 0.2) is 30.3 Å². The number of thiophene rings is 1. The molecule has 3 rings (SSSR count). The number of fused-ring (bicyclic) bond motifs is 1. The van der Waals surface area contributed by atoms with Gasteiger partial charge in [0.25, 0.3) is 0 Å². The summed E-state index contributed by atoms with van der Waals surface area (Å²) in [5.41, 5.74) is 3.10. The first-order chi connectivity index (χ1) is 12.0. The van der Waals surface area contributed by atoms with Crippen LogP contribution in [-0.2, 0) is 22.4 Å². The van der Waals surface area contributed by atoms with E-state index < -0.39 is 5.97 Å². The van der Waals surface area contributed by atoms with E-state index in [1.807, 2.05) is 25.1 Å². The predicted octanol–water partition coefficient (Wildman–Crippen LogP) is 3.93. The van der Waals surface area contributed by atoms with Crippen molar-refractivity contribution in [3.05, 3.63) is 56.8 Å². The molecule has 0 N–H and O–H groups in total. The number of ketones is 2. The van der Waals surface area contributed by atoms with Crippen LogP contribution in [0.1, 0.15) is 55.3 Å². The fraction of sp³-hybridized carbons (Fsp3) is 0.350. The molecule has 130 valence electrons. The lowest BCUT2D eigenvalue weighted by atomic mass is 10.0. The van der Waals surface area contributed by atoms with E-state index in [1.54, 1.807) is 12.1 Å². The number of esters is 1. The Labute approximate surface area is 150 Å². The number of hydrogen-bond acceptors (Lipinski definition) is 5. The van der Waals surface area contributed by atoms with Crippen molar-refractivity contribution in [2.24, 2.45) is 0 Å². The maximum atomic E-state index is 12.2. The van der Waals surface area contributed by atoms with Crippen LogP contribution in [0, 0.1) is 6.92 Å². The van der Waals surface area contributed by atoms with Crippen molar-refractivity contribution in [2.75, 3.05) is 6.61 Å². The van der Waals surface area contributed by atoms with Gasteiger partial charge in [0.15, 0.2) is 18.2 Å². The molecule has 1 aliphatic carbocycles. The van der Waals surface area contributed by atoms with Crippen molar-refractivity contribution in [1.82, 2.24) is 0 Å². The van der Waals surface area contributed by atoms with Gasteiger partial charge in [0.2, 0.25) is 0 Å². The molecule has 1 aliphatic rings. The van der Waals surface area contributed by atoms with Crippen LogP contribution in [-0.4, -0.2) is 24.1 Å². The van der Waals surface area contributed by atoms with Gasteiger partial charge in [0.1, 0.15) is 0 Å². The number of carbonyl (C=O) groups is 3. The van der Waals surface area contributed by atoms with Gasteiger partial charge in [-0.1, -0.05) is 12.1 Å². The van der Waals surface area contributed by atoms with Crippen molar-refractivity contribution >= 4 is 28.9 Å². The van der Waals surface area contributed by atoms with Crippen LogP contribution in [0.4, 0.5) is 0 Å². The molecule has 0 aliphatic heterocycles. The van der Waals surface area contributed by atoms with Gasteiger partial charge in [-0.05, 0) is 55.5 Å². The van der Waals surface area contributed by atoms with E-state index >= 15 is 0 Å². The van der Waals surface area contributed by atoms with Gasteiger partial charge < -0.3 is 4.74 Å². The Hall–Kier alpha value is -2.27. The van der Waals surface area contributed by atoms with E-state index in [9.17, 15) is 14.4 Å². The van der Waals surface area contributed by atoms with Gasteiger partial charge in [-0.25, -0.2) is 0 Å². The number of rotatable bonds is 7. The van der Waals surface area contributed by atoms with E-state index in [0.29, 0.717) is 10.4 Å². The minimum Gasteiger partial charge on any atom is -0.457 e. The Morgan fingerprint density at radius 2 is 1.80 bits per heavy atom. The monoisotopic (exact) mass is 356 g/mol. The molecule has 5 heteroatoms. The second-order valence-corrected chi connectivity index (χ2v) is 7.54. The van der Waals surface area contributed by atoms with Crippen LogP contribution in [0.5, 0.6) is 0 Å². The highest BCUT2D eigenvalue weighted by Gasteiger charge is 2.16. The number of Topliss-reactive ketones (excluding diaryl/α,β-unsaturated/α-hetero) is 2. The molecule has 0 amide bonds. The maximum absolute atomic E-state index is 12.2. The van der Waals surface area contributed by atoms with E-state index in [2.05, 4.69) is 0 Å². The molecule has 0 atom stereocenters. The van der Waals surface area contributed by atoms with Crippen molar-refractivity contribution in [3.63, 3.8) is 0 Å². The number of carbonyl (C=O) groups excluding carboxylic acids is 3. The molecule has 1 aromatic heterocycles. The second-order valence-electron chi connectivity index (χ2n) is 6.25. The smallest absolute Gasteiger partial charge is 0.306 e. The Morgan fingerprint density at radius 3 is 2.56 bits per heavy atom. The Morgan fingerprint density at radius 1 is 1.00 bits per heavy atom. The van der Waals surface area contributed by atoms with E-state index in [4.69, 9.17) is 4.74 Å². The molecule has 1 heterocycles. The number of benzene rings is 1. The minimum absolute atomic E-state index is 0.00670. The Kier molecular flexibility index (Phi) is 5.43. The number of ether oxygens (including phenoxy) is 1. The molecule has 2 aromatic rings. The molecule has 4 nitrogen and oxygen atoms in total. The normalized spacial score (nSPS) is 12.7. The molecule has 25 heavy (non-hydrogen) atoms. The van der Waals surface area contributed by atoms with Crippen LogP contribution >= 0.6 is 11.3 Å². The zero-order chi connectivity index (χ0) is 17.8. The molecule has 0 radical (unpaired) electrons. The molecule has 0 spiro atoms. The van der Waals surface area contributed by atoms with Crippen molar-refractivity contribution < 1.29 is 19.1 Å². The van der Waals surface area contributed by atoms with Crippen molar-refractivity contribution in [3.8, 4) is 0 Å². The molecular formula is C20H20O4S. The summed E-state index contributed by atoms with van der Waals surface area (Å²) >= 11 is 1.42. The lowest BCUT2D eigenvalue weighted by Gasteiger charge is -2.06. The van der Waals surface area contributed by atoms with E-state index in [-0.39, 0.29) is 31.0 Å². The third-order valence-electron chi connectivity index (χ3n) is 4.36. The Bertz CT molecular complexity index is 819. The highest BCUT2D eigenvalue weighted by molar-refractivity contribution is 7.14. The highest BCUT2D eigenvalue weighted by atomic mass is 32.1. The first-order valence-electron chi connectivity index (χ1n) is 8.43. The van der Waals surface area contributed by atoms with Crippen LogP contribution in [0.2, 0.25) is 0 Å². The summed E-state index contributed by atoms with van der Waals surface area (Å²) in [7, 11) is 0. The van der Waals surface area contributed by atoms with Gasteiger partial charge in [-0.2, -0.15) is 0 Å². The topological polar surface area (TPSA) is 60.4 Å². The lowest BCUT2D eigenvalue weighted by molar-refractivity contribution is -0.142. The fourth-order valence-electron chi connectivity index (χ4n) is 2.97. The van der Waals surface area contributed by atoms with Crippen molar-refractivity contribution in [2.45, 2.75) is 39.0 Å². The predicted molar refractivity (Wildman–Crippen MR) is 96.4 cm³/mol. The zero-order valence-electron chi connectivity index (χ0n) is 14.2. The first kappa shape index (κ1) is 17.5. The first-order valence-corrected chi connectivity index (χ1v) is 9.25. The lowest BCUT2D eigenvalue weighted by Crippen LogP contribution is -2.15. The molecular weight excluding hydrogens is 336 g/mol. The number of aryl methyl sites for hydroxylation is 3. The van der Waals surface area contributed by atoms with Crippen LogP contribution < -0.4 is 0 Å². The number of hydrogen-bond donors (Lipinski definition) is 0. The average Bonchev–Trinajstić information content (AvgIpc) is 3.25. The van der Waals surface area contributed by atoms with Gasteiger partial charge in [-0.15, -0.1) is 11.3 Å². The van der Waals surface area contributed by atoms with E-state index in [1.165, 1.54) is 22.5 Å². The summed E-state index contributed by atoms with van der Waals surface area (Å²) in [5.74, 6) is -0.792. The SMILES string of the molecule is Cc1ccc(C(=O)CCC(=O)OCC(=O)c2ccc3c(c2)CCC3)s1. The standard InChI is InChI=1S/C20H20O4S/c1-13-5-9-19(25-13)17(21)8-10-20(23)24-12-18(22)16-7-6-14-3-2-4-15(14)11-16/h5-7,9,11H,2-4,8,10,12H2,1H3. The summed E-state index contributed by atoms with van der Waals surface area (Å²) in [6.07, 6.45) is 3.29. The molecule has 0 bridgehead atoms. The van der Waals surface area contributed by atoms with E-state index in [0.717, 1.165) is 24.1 Å². The maximum Gasteiger partial charge on any atom is 0.306 e. The summed E-state index contributed by atoms with van der Waals surface area (Å²) in [5, 5.41) is 0.